The lowest BCUT2D eigenvalue weighted by Gasteiger charge is -2.11. The molecule has 0 N–H and O–H groups in total. The summed E-state index contributed by atoms with van der Waals surface area (Å²) in [5, 5.41) is 2.35. The van der Waals surface area contributed by atoms with E-state index in [0.717, 1.165) is 33.2 Å². The van der Waals surface area contributed by atoms with Crippen LogP contribution in [0, 0.1) is 0 Å². The van der Waals surface area contributed by atoms with E-state index < -0.39 is 0 Å². The molecule has 3 nitrogen and oxygen atoms in total. The summed E-state index contributed by atoms with van der Waals surface area (Å²) in [6.45, 7) is 0. The Morgan fingerprint density at radius 3 is 1.44 bits per heavy atom. The molecule has 2 heterocycles. The van der Waals surface area contributed by atoms with Crippen LogP contribution < -0.4 is 0 Å². The Morgan fingerprint density at radius 2 is 0.727 bits per heavy atom. The summed E-state index contributed by atoms with van der Waals surface area (Å²) in [6.07, 6.45) is 0. The van der Waals surface area contributed by atoms with Crippen LogP contribution in [0.25, 0.3) is 98.8 Å². The van der Waals surface area contributed by atoms with Gasteiger partial charge in [-0.2, -0.15) is 0 Å². The van der Waals surface area contributed by atoms with Gasteiger partial charge in [-0.25, -0.2) is 15.0 Å². The molecule has 2 aromatic heterocycles. The lowest BCUT2D eigenvalue weighted by molar-refractivity contribution is 1.08. The summed E-state index contributed by atoms with van der Waals surface area (Å²) in [4.78, 5) is 15.4. The third kappa shape index (κ3) is 6.29. The van der Waals surface area contributed by atoms with Gasteiger partial charge in [0, 0.05) is 36.9 Å². The first-order chi connectivity index (χ1) is 27.2. The molecule has 0 bridgehead atoms. The van der Waals surface area contributed by atoms with Gasteiger partial charge in [-0.1, -0.05) is 176 Å². The van der Waals surface area contributed by atoms with E-state index in [1.54, 1.807) is 11.3 Å². The van der Waals surface area contributed by atoms with Crippen LogP contribution in [-0.2, 0) is 0 Å². The average Bonchev–Trinajstić information content (AvgIpc) is 3.66. The number of thiophene rings is 1. The molecular formula is C51H33N3S. The van der Waals surface area contributed by atoms with Gasteiger partial charge in [0.25, 0.3) is 0 Å². The maximum absolute atomic E-state index is 5.20. The highest BCUT2D eigenvalue weighted by Gasteiger charge is 2.18. The van der Waals surface area contributed by atoms with Crippen LogP contribution >= 0.6 is 11.3 Å². The van der Waals surface area contributed by atoms with E-state index in [1.165, 1.54) is 48.2 Å². The van der Waals surface area contributed by atoms with E-state index in [4.69, 9.17) is 15.0 Å². The van der Waals surface area contributed by atoms with Gasteiger partial charge in [0.05, 0.1) is 0 Å². The molecule has 0 aliphatic rings. The van der Waals surface area contributed by atoms with Gasteiger partial charge in [0.15, 0.2) is 17.5 Å². The first-order valence-electron chi connectivity index (χ1n) is 18.4. The second-order valence-corrected chi connectivity index (χ2v) is 14.7. The number of fused-ring (bicyclic) bond motifs is 3. The highest BCUT2D eigenvalue weighted by molar-refractivity contribution is 7.26. The summed E-state index contributed by atoms with van der Waals surface area (Å²) in [7, 11) is 0. The van der Waals surface area contributed by atoms with Crippen molar-refractivity contribution >= 4 is 31.5 Å². The van der Waals surface area contributed by atoms with Gasteiger partial charge in [0.2, 0.25) is 0 Å². The number of nitrogens with zero attached hydrogens (tertiary/aromatic N) is 3. The van der Waals surface area contributed by atoms with Crippen LogP contribution in [0.1, 0.15) is 0 Å². The fraction of sp³-hybridized carbons (Fsp3) is 0. The molecule has 0 aliphatic carbocycles. The fourth-order valence-electron chi connectivity index (χ4n) is 7.45. The van der Waals surface area contributed by atoms with Gasteiger partial charge in [-0.3, -0.25) is 0 Å². The molecule has 0 radical (unpaired) electrons. The maximum atomic E-state index is 5.20. The van der Waals surface area contributed by atoms with E-state index in [0.29, 0.717) is 17.5 Å². The van der Waals surface area contributed by atoms with Gasteiger partial charge < -0.3 is 0 Å². The lowest BCUT2D eigenvalue weighted by Crippen LogP contribution is -2.00. The summed E-state index contributed by atoms with van der Waals surface area (Å²) in [5.74, 6) is 1.95. The highest BCUT2D eigenvalue weighted by Crippen LogP contribution is 2.42. The molecule has 8 aromatic carbocycles. The smallest absolute Gasteiger partial charge is 0.164 e. The molecule has 0 atom stereocenters. The quantitative estimate of drug-likeness (QED) is 0.165. The van der Waals surface area contributed by atoms with Crippen molar-refractivity contribution in [3.05, 3.63) is 200 Å². The second kappa shape index (κ2) is 14.1. The SMILES string of the molecule is c1ccc(-c2cccc(-c3nc(-c4ccccc4)nc(-c4cccc5sc6ccc(-c7ccc(-c8ccccc8-c8ccccc8)cc7)cc6c45)n3)c2)cc1. The van der Waals surface area contributed by atoms with Crippen LogP contribution in [-0.4, -0.2) is 15.0 Å². The molecule has 55 heavy (non-hydrogen) atoms. The molecule has 0 unspecified atom stereocenters. The fourth-order valence-corrected chi connectivity index (χ4v) is 8.56. The molecular weight excluding hydrogens is 687 g/mol. The van der Waals surface area contributed by atoms with Crippen molar-refractivity contribution in [3.63, 3.8) is 0 Å². The predicted molar refractivity (Wildman–Crippen MR) is 231 cm³/mol. The summed E-state index contributed by atoms with van der Waals surface area (Å²) < 4.78 is 2.43. The average molecular weight is 720 g/mol. The predicted octanol–water partition coefficient (Wildman–Crippen LogP) is 13.9. The zero-order chi connectivity index (χ0) is 36.6. The van der Waals surface area contributed by atoms with Crippen molar-refractivity contribution in [3.8, 4) is 78.7 Å². The molecule has 0 spiro atoms. The molecule has 0 aliphatic heterocycles. The van der Waals surface area contributed by atoms with Crippen molar-refractivity contribution in [2.24, 2.45) is 0 Å². The van der Waals surface area contributed by atoms with Crippen LogP contribution in [0.4, 0.5) is 0 Å². The summed E-state index contributed by atoms with van der Waals surface area (Å²) in [5.41, 5.74) is 12.4. The highest BCUT2D eigenvalue weighted by atomic mass is 32.1. The first kappa shape index (κ1) is 32.6. The normalized spacial score (nSPS) is 11.3. The van der Waals surface area contributed by atoms with Crippen molar-refractivity contribution < 1.29 is 0 Å². The largest absolute Gasteiger partial charge is 0.208 e. The Morgan fingerprint density at radius 1 is 0.273 bits per heavy atom. The van der Waals surface area contributed by atoms with E-state index >= 15 is 0 Å². The molecule has 4 heteroatoms. The zero-order valence-electron chi connectivity index (χ0n) is 29.8. The van der Waals surface area contributed by atoms with Crippen molar-refractivity contribution in [1.82, 2.24) is 15.0 Å². The van der Waals surface area contributed by atoms with Crippen LogP contribution in [0.2, 0.25) is 0 Å². The van der Waals surface area contributed by atoms with Gasteiger partial charge in [-0.05, 0) is 68.8 Å². The summed E-state index contributed by atoms with van der Waals surface area (Å²) >= 11 is 1.80. The first-order valence-corrected chi connectivity index (χ1v) is 19.3. The zero-order valence-corrected chi connectivity index (χ0v) is 30.6. The molecule has 0 amide bonds. The Labute approximate surface area is 323 Å². The third-order valence-electron chi connectivity index (χ3n) is 10.2. The van der Waals surface area contributed by atoms with E-state index in [9.17, 15) is 0 Å². The number of rotatable bonds is 7. The van der Waals surface area contributed by atoms with Crippen molar-refractivity contribution in [2.45, 2.75) is 0 Å². The monoisotopic (exact) mass is 719 g/mol. The van der Waals surface area contributed by atoms with E-state index in [-0.39, 0.29) is 0 Å². The Hall–Kier alpha value is -7.01. The van der Waals surface area contributed by atoms with E-state index in [2.05, 4.69) is 176 Å². The van der Waals surface area contributed by atoms with Gasteiger partial charge >= 0.3 is 0 Å². The number of hydrogen-bond acceptors (Lipinski definition) is 4. The van der Waals surface area contributed by atoms with Crippen LogP contribution in [0.3, 0.4) is 0 Å². The lowest BCUT2D eigenvalue weighted by atomic mass is 9.93. The van der Waals surface area contributed by atoms with Crippen molar-refractivity contribution in [1.29, 1.82) is 0 Å². The minimum atomic E-state index is 0.646. The molecule has 10 rings (SSSR count). The third-order valence-corrected chi connectivity index (χ3v) is 11.3. The Bertz CT molecular complexity index is 2950. The molecule has 0 saturated carbocycles. The van der Waals surface area contributed by atoms with E-state index in [1.807, 2.05) is 24.3 Å². The topological polar surface area (TPSA) is 38.7 Å². The molecule has 10 aromatic rings. The van der Waals surface area contributed by atoms with Crippen LogP contribution in [0.5, 0.6) is 0 Å². The summed E-state index contributed by atoms with van der Waals surface area (Å²) in [6, 6.07) is 70.5. The Balaban J connectivity index is 1.08. The number of benzene rings is 8. The number of aromatic nitrogens is 3. The Kier molecular flexibility index (Phi) is 8.36. The minimum Gasteiger partial charge on any atom is -0.208 e. The molecule has 258 valence electrons. The second-order valence-electron chi connectivity index (χ2n) is 13.6. The minimum absolute atomic E-state index is 0.646. The van der Waals surface area contributed by atoms with Crippen molar-refractivity contribution in [2.75, 3.05) is 0 Å². The molecule has 0 saturated heterocycles. The number of hydrogen-bond donors (Lipinski definition) is 0. The standard InChI is InChI=1S/C51H33N3S/c1-4-14-34(15-5-1)39-20-12-21-41(32-39)50-52-49(38-18-8-3-9-19-38)53-51(54-50)44-24-13-25-47-48(44)45-33-40(30-31-46(45)55-47)35-26-28-37(29-27-35)43-23-11-10-22-42(43)36-16-6-2-7-17-36/h1-33H. The maximum Gasteiger partial charge on any atom is 0.164 e. The van der Waals surface area contributed by atoms with Gasteiger partial charge in [-0.15, -0.1) is 11.3 Å². The van der Waals surface area contributed by atoms with Crippen LogP contribution in [0.15, 0.2) is 200 Å². The van der Waals surface area contributed by atoms with Gasteiger partial charge in [0.1, 0.15) is 0 Å². The molecule has 0 fully saturated rings.